The van der Waals surface area contributed by atoms with Crippen molar-refractivity contribution in [3.8, 4) is 0 Å². The van der Waals surface area contributed by atoms with Crippen LogP contribution in [0.15, 0.2) is 11.4 Å². The lowest BCUT2D eigenvalue weighted by molar-refractivity contribution is 0.180. The minimum Gasteiger partial charge on any atom is -0.390 e. The molecule has 0 aliphatic heterocycles. The van der Waals surface area contributed by atoms with Crippen molar-refractivity contribution in [2.45, 2.75) is 18.3 Å². The summed E-state index contributed by atoms with van der Waals surface area (Å²) in [5.74, 6) is 0. The van der Waals surface area contributed by atoms with E-state index in [1.165, 1.54) is 17.9 Å². The molecule has 0 fully saturated rings. The number of rotatable bonds is 5. The van der Waals surface area contributed by atoms with Crippen LogP contribution in [0.25, 0.3) is 0 Å². The third kappa shape index (κ3) is 2.77. The van der Waals surface area contributed by atoms with Crippen molar-refractivity contribution >= 4 is 9.84 Å². The van der Waals surface area contributed by atoms with Gasteiger partial charge in [-0.3, -0.25) is 0 Å². The summed E-state index contributed by atoms with van der Waals surface area (Å²) in [4.78, 5) is 3.77. The van der Waals surface area contributed by atoms with Gasteiger partial charge < -0.3 is 14.4 Å². The van der Waals surface area contributed by atoms with Gasteiger partial charge in [-0.15, -0.1) is 0 Å². The van der Waals surface area contributed by atoms with Crippen molar-refractivity contribution in [3.63, 3.8) is 0 Å². The second-order valence-corrected chi connectivity index (χ2v) is 5.02. The highest BCUT2D eigenvalue weighted by molar-refractivity contribution is 7.90. The molecule has 0 aliphatic rings. The zero-order valence-electron chi connectivity index (χ0n) is 8.67. The molecule has 6 nitrogen and oxygen atoms in total. The summed E-state index contributed by atoms with van der Waals surface area (Å²) >= 11 is 0. The number of nitrogens with zero attached hydrogens (tertiary/aromatic N) is 2. The van der Waals surface area contributed by atoms with Crippen LogP contribution in [0.1, 0.15) is 5.69 Å². The Bertz CT molecular complexity index is 424. The lowest BCUT2D eigenvalue weighted by Crippen LogP contribution is -2.14. The number of aliphatic hydroxyl groups excluding tert-OH is 1. The molecule has 0 spiro atoms. The van der Waals surface area contributed by atoms with Crippen LogP contribution in [0.4, 0.5) is 0 Å². The third-order valence-corrected chi connectivity index (χ3v) is 2.90. The normalized spacial score (nSPS) is 11.9. The zero-order valence-corrected chi connectivity index (χ0v) is 9.49. The van der Waals surface area contributed by atoms with Gasteiger partial charge in [0.2, 0.25) is 15.0 Å². The fourth-order valence-electron chi connectivity index (χ4n) is 1.24. The Kier molecular flexibility index (Phi) is 3.83. The molecule has 0 saturated heterocycles. The minimum absolute atomic E-state index is 0.0383. The lowest BCUT2D eigenvalue weighted by atomic mass is 10.5. The summed E-state index contributed by atoms with van der Waals surface area (Å²) in [6.07, 6.45) is 2.44. The van der Waals surface area contributed by atoms with E-state index in [0.29, 0.717) is 18.8 Å². The van der Waals surface area contributed by atoms with Gasteiger partial charge >= 0.3 is 0 Å². The van der Waals surface area contributed by atoms with Crippen molar-refractivity contribution in [3.05, 3.63) is 11.9 Å². The van der Waals surface area contributed by atoms with Crippen LogP contribution in [0, 0.1) is 0 Å². The molecule has 1 aromatic heterocycles. The van der Waals surface area contributed by atoms with Gasteiger partial charge in [-0.1, -0.05) is 0 Å². The van der Waals surface area contributed by atoms with Gasteiger partial charge in [-0.25, -0.2) is 13.4 Å². The highest BCUT2D eigenvalue weighted by Gasteiger charge is 2.17. The number of aliphatic hydroxyl groups is 1. The van der Waals surface area contributed by atoms with Crippen LogP contribution in [-0.2, 0) is 27.7 Å². The average molecular weight is 234 g/mol. The maximum atomic E-state index is 11.3. The second kappa shape index (κ2) is 4.73. The van der Waals surface area contributed by atoms with Crippen LogP contribution in [0.2, 0.25) is 0 Å². The first-order valence-corrected chi connectivity index (χ1v) is 6.24. The molecule has 1 aromatic rings. The van der Waals surface area contributed by atoms with Crippen LogP contribution >= 0.6 is 0 Å². The summed E-state index contributed by atoms with van der Waals surface area (Å²) in [6, 6.07) is 0. The Morgan fingerprint density at radius 3 is 2.73 bits per heavy atom. The van der Waals surface area contributed by atoms with E-state index in [1.807, 2.05) is 0 Å². The molecule has 0 saturated carbocycles. The molecule has 0 aromatic carbocycles. The van der Waals surface area contributed by atoms with E-state index in [1.54, 1.807) is 0 Å². The Labute approximate surface area is 88.4 Å². The Hall–Kier alpha value is -0.920. The van der Waals surface area contributed by atoms with Gasteiger partial charge in [-0.05, 0) is 0 Å². The van der Waals surface area contributed by atoms with Crippen LogP contribution < -0.4 is 0 Å². The SMILES string of the molecule is COCCn1c(CO)cnc1S(C)(=O)=O. The largest absolute Gasteiger partial charge is 0.390 e. The lowest BCUT2D eigenvalue weighted by Gasteiger charge is -2.08. The number of hydrogen-bond donors (Lipinski definition) is 1. The molecule has 0 aliphatic carbocycles. The fraction of sp³-hybridized carbons (Fsp3) is 0.625. The van der Waals surface area contributed by atoms with Crippen molar-refractivity contribution < 1.29 is 18.3 Å². The predicted molar refractivity (Wildman–Crippen MR) is 53.1 cm³/mol. The fourth-order valence-corrected chi connectivity index (χ4v) is 2.09. The molecule has 1 heterocycles. The molecule has 7 heteroatoms. The van der Waals surface area contributed by atoms with Crippen molar-refractivity contribution in [2.75, 3.05) is 20.0 Å². The molecular weight excluding hydrogens is 220 g/mol. The molecule has 15 heavy (non-hydrogen) atoms. The molecule has 1 rings (SSSR count). The van der Waals surface area contributed by atoms with Gasteiger partial charge in [0, 0.05) is 19.9 Å². The summed E-state index contributed by atoms with van der Waals surface area (Å²) in [5.41, 5.74) is 0.465. The highest BCUT2D eigenvalue weighted by Crippen LogP contribution is 2.11. The molecule has 86 valence electrons. The number of hydrogen-bond acceptors (Lipinski definition) is 5. The topological polar surface area (TPSA) is 81.4 Å². The number of sulfone groups is 1. The predicted octanol–water partition coefficient (Wildman–Crippen LogP) is -0.575. The zero-order chi connectivity index (χ0) is 11.5. The van der Waals surface area contributed by atoms with E-state index in [0.717, 1.165) is 6.26 Å². The Morgan fingerprint density at radius 1 is 1.60 bits per heavy atom. The number of aromatic nitrogens is 2. The van der Waals surface area contributed by atoms with E-state index in [2.05, 4.69) is 4.98 Å². The van der Waals surface area contributed by atoms with Gasteiger partial charge in [0.15, 0.2) is 0 Å². The van der Waals surface area contributed by atoms with E-state index < -0.39 is 9.84 Å². The van der Waals surface area contributed by atoms with Crippen molar-refractivity contribution in [2.24, 2.45) is 0 Å². The summed E-state index contributed by atoms with van der Waals surface area (Å²) < 4.78 is 29.0. The summed E-state index contributed by atoms with van der Waals surface area (Å²) in [7, 11) is -1.84. The van der Waals surface area contributed by atoms with Crippen LogP contribution in [0.3, 0.4) is 0 Å². The summed E-state index contributed by atoms with van der Waals surface area (Å²) in [6.45, 7) is 0.479. The number of imidazole rings is 1. The molecule has 0 bridgehead atoms. The Morgan fingerprint density at radius 2 is 2.27 bits per heavy atom. The molecule has 0 unspecified atom stereocenters. The first-order chi connectivity index (χ1) is 7.00. The maximum Gasteiger partial charge on any atom is 0.227 e. The van der Waals surface area contributed by atoms with Crippen molar-refractivity contribution in [1.29, 1.82) is 0 Å². The van der Waals surface area contributed by atoms with Crippen LogP contribution in [-0.4, -0.2) is 43.0 Å². The molecular formula is C8H14N2O4S. The van der Waals surface area contributed by atoms with Crippen LogP contribution in [0.5, 0.6) is 0 Å². The third-order valence-electron chi connectivity index (χ3n) is 1.91. The second-order valence-electron chi connectivity index (χ2n) is 3.11. The first-order valence-electron chi connectivity index (χ1n) is 4.35. The first kappa shape index (κ1) is 12.2. The van der Waals surface area contributed by atoms with Crippen molar-refractivity contribution in [1.82, 2.24) is 9.55 Å². The number of ether oxygens (including phenoxy) is 1. The van der Waals surface area contributed by atoms with Gasteiger partial charge in [0.25, 0.3) is 0 Å². The number of methoxy groups -OCH3 is 1. The molecule has 0 radical (unpaired) electrons. The Balaban J connectivity index is 3.12. The smallest absolute Gasteiger partial charge is 0.227 e. The van der Waals surface area contributed by atoms with Gasteiger partial charge in [-0.2, -0.15) is 0 Å². The standard InChI is InChI=1S/C8H14N2O4S/c1-14-4-3-10-7(6-11)5-9-8(10)15(2,12)13/h5,11H,3-4,6H2,1-2H3. The monoisotopic (exact) mass is 234 g/mol. The quantitative estimate of drug-likeness (QED) is 0.737. The average Bonchev–Trinajstić information content (AvgIpc) is 2.56. The summed E-state index contributed by atoms with van der Waals surface area (Å²) in [5, 5.41) is 8.96. The molecule has 0 amide bonds. The van der Waals surface area contributed by atoms with Gasteiger partial charge in [0.05, 0.1) is 25.1 Å². The van der Waals surface area contributed by atoms with E-state index in [4.69, 9.17) is 9.84 Å². The molecule has 0 atom stereocenters. The van der Waals surface area contributed by atoms with E-state index in [-0.39, 0.29) is 11.8 Å². The van der Waals surface area contributed by atoms with Gasteiger partial charge in [0.1, 0.15) is 0 Å². The van der Waals surface area contributed by atoms with E-state index in [9.17, 15) is 8.42 Å². The minimum atomic E-state index is -3.37. The highest BCUT2D eigenvalue weighted by atomic mass is 32.2. The molecule has 1 N–H and O–H groups in total. The van der Waals surface area contributed by atoms with E-state index >= 15 is 0 Å². The maximum absolute atomic E-state index is 11.3.